The molecule has 1 aliphatic heterocycles. The number of carbonyl (C=O) groups is 2. The van der Waals surface area contributed by atoms with E-state index in [0.29, 0.717) is 30.8 Å². The van der Waals surface area contributed by atoms with E-state index >= 15 is 0 Å². The Morgan fingerprint density at radius 3 is 2.86 bits per heavy atom. The Labute approximate surface area is 205 Å². The number of alkyl carbamates (subject to hydrolysis) is 1. The van der Waals surface area contributed by atoms with E-state index < -0.39 is 0 Å². The largest absolute Gasteiger partial charge is 0.450 e. The van der Waals surface area contributed by atoms with Crippen molar-refractivity contribution in [1.29, 1.82) is 0 Å². The number of pyridine rings is 1. The standard InChI is InChI=1S/C28H32FN3O3/c1-2-35-28(34)31-22-9-10-23-19(13-22)14-26-25(15-27(33)32-26)24(23)11-8-21-7-6-18(16-30-21)17-4-3-5-20(29)12-17/h3-8,11-12,16,19,22-26H,2,9-10,13-15H2,1H3,(H,31,34)(H,32,33)/b11-8+/t19-,22-,23+,24-,25+,26-/m0/s1. The highest BCUT2D eigenvalue weighted by molar-refractivity contribution is 5.79. The van der Waals surface area contributed by atoms with E-state index in [1.807, 2.05) is 18.2 Å². The van der Waals surface area contributed by atoms with Gasteiger partial charge in [0, 0.05) is 30.3 Å². The van der Waals surface area contributed by atoms with Gasteiger partial charge < -0.3 is 15.4 Å². The number of aromatic nitrogens is 1. The third-order valence-electron chi connectivity index (χ3n) is 7.90. The van der Waals surface area contributed by atoms with Crippen LogP contribution in [0.4, 0.5) is 9.18 Å². The smallest absolute Gasteiger partial charge is 0.407 e. The zero-order chi connectivity index (χ0) is 24.4. The first-order valence-corrected chi connectivity index (χ1v) is 12.6. The molecule has 3 aliphatic rings. The zero-order valence-corrected chi connectivity index (χ0v) is 20.0. The van der Waals surface area contributed by atoms with Gasteiger partial charge in [0.25, 0.3) is 0 Å². The molecule has 2 heterocycles. The summed E-state index contributed by atoms with van der Waals surface area (Å²) < 4.78 is 18.6. The first-order chi connectivity index (χ1) is 17.0. The van der Waals surface area contributed by atoms with Crippen molar-refractivity contribution in [3.05, 3.63) is 60.2 Å². The molecule has 2 aliphatic carbocycles. The Balaban J connectivity index is 1.31. The van der Waals surface area contributed by atoms with Crippen LogP contribution in [0.5, 0.6) is 0 Å². The topological polar surface area (TPSA) is 80.3 Å². The molecule has 184 valence electrons. The molecule has 0 unspecified atom stereocenters. The summed E-state index contributed by atoms with van der Waals surface area (Å²) in [7, 11) is 0. The molecule has 1 aromatic heterocycles. The summed E-state index contributed by atoms with van der Waals surface area (Å²) in [5, 5.41) is 6.21. The van der Waals surface area contributed by atoms with Gasteiger partial charge in [-0.25, -0.2) is 9.18 Å². The lowest BCUT2D eigenvalue weighted by Crippen LogP contribution is -2.49. The molecular weight excluding hydrogens is 445 g/mol. The highest BCUT2D eigenvalue weighted by atomic mass is 19.1. The van der Waals surface area contributed by atoms with Crippen molar-refractivity contribution >= 4 is 18.1 Å². The fraction of sp³-hybridized carbons (Fsp3) is 0.464. The highest BCUT2D eigenvalue weighted by Crippen LogP contribution is 2.49. The lowest BCUT2D eigenvalue weighted by atomic mass is 9.59. The number of hydrogen-bond donors (Lipinski definition) is 2. The van der Waals surface area contributed by atoms with Crippen molar-refractivity contribution in [3.63, 3.8) is 0 Å². The summed E-state index contributed by atoms with van der Waals surface area (Å²) in [5.41, 5.74) is 2.52. The number of benzene rings is 1. The summed E-state index contributed by atoms with van der Waals surface area (Å²) >= 11 is 0. The maximum atomic E-state index is 13.6. The van der Waals surface area contributed by atoms with Gasteiger partial charge in [-0.2, -0.15) is 0 Å². The second-order valence-corrected chi connectivity index (χ2v) is 9.99. The first kappa shape index (κ1) is 23.5. The molecule has 3 fully saturated rings. The molecule has 2 aromatic rings. The van der Waals surface area contributed by atoms with Crippen LogP contribution in [0.1, 0.15) is 44.7 Å². The Kier molecular flexibility index (Phi) is 6.84. The number of hydrogen-bond acceptors (Lipinski definition) is 4. The number of amides is 2. The average Bonchev–Trinajstić information content (AvgIpc) is 3.22. The monoisotopic (exact) mass is 477 g/mol. The van der Waals surface area contributed by atoms with Crippen molar-refractivity contribution in [3.8, 4) is 11.1 Å². The summed E-state index contributed by atoms with van der Waals surface area (Å²) in [5.74, 6) is 1.36. The van der Waals surface area contributed by atoms with Gasteiger partial charge in [-0.3, -0.25) is 9.78 Å². The van der Waals surface area contributed by atoms with Crippen LogP contribution in [0, 0.1) is 29.5 Å². The SMILES string of the molecule is CCOC(=O)N[C@H]1CC[C@@H]2[C@@H](C1)C[C@@H]1NC(=O)C[C@@H]1[C@H]2/C=C/c1ccc(-c2cccc(F)c2)cn1. The van der Waals surface area contributed by atoms with Crippen molar-refractivity contribution < 1.29 is 18.7 Å². The van der Waals surface area contributed by atoms with Crippen molar-refractivity contribution in [2.45, 2.75) is 51.1 Å². The van der Waals surface area contributed by atoms with Crippen LogP contribution in [0.3, 0.4) is 0 Å². The van der Waals surface area contributed by atoms with Crippen molar-refractivity contribution in [1.82, 2.24) is 15.6 Å². The summed E-state index contributed by atoms with van der Waals surface area (Å²) in [4.78, 5) is 28.8. The number of nitrogens with zero attached hydrogens (tertiary/aromatic N) is 1. The van der Waals surface area contributed by atoms with Crippen LogP contribution in [-0.2, 0) is 9.53 Å². The van der Waals surface area contributed by atoms with Gasteiger partial charge in [-0.1, -0.05) is 24.3 Å². The predicted molar refractivity (Wildman–Crippen MR) is 132 cm³/mol. The van der Waals surface area contributed by atoms with Crippen LogP contribution in [-0.4, -0.2) is 35.7 Å². The second-order valence-electron chi connectivity index (χ2n) is 9.99. The second kappa shape index (κ2) is 10.2. The molecule has 6 atom stereocenters. The lowest BCUT2D eigenvalue weighted by molar-refractivity contribution is -0.119. The van der Waals surface area contributed by atoms with Gasteiger partial charge >= 0.3 is 6.09 Å². The quantitative estimate of drug-likeness (QED) is 0.638. The first-order valence-electron chi connectivity index (χ1n) is 12.6. The third kappa shape index (κ3) is 5.24. The number of fused-ring (bicyclic) bond motifs is 2. The van der Waals surface area contributed by atoms with Gasteiger partial charge in [0.2, 0.25) is 5.91 Å². The number of halogens is 1. The predicted octanol–water partition coefficient (Wildman–Crippen LogP) is 4.96. The van der Waals surface area contributed by atoms with Gasteiger partial charge in [-0.05, 0) is 86.1 Å². The number of ether oxygens (including phenoxy) is 1. The number of rotatable bonds is 5. The van der Waals surface area contributed by atoms with Crippen LogP contribution >= 0.6 is 0 Å². The van der Waals surface area contributed by atoms with E-state index in [2.05, 4.69) is 27.8 Å². The average molecular weight is 478 g/mol. The molecule has 0 bridgehead atoms. The Bertz CT molecular complexity index is 1100. The van der Waals surface area contributed by atoms with Gasteiger partial charge in [0.15, 0.2) is 0 Å². The summed E-state index contributed by atoms with van der Waals surface area (Å²) in [6.07, 6.45) is 10.1. The van der Waals surface area contributed by atoms with E-state index in [-0.39, 0.29) is 35.8 Å². The van der Waals surface area contributed by atoms with Crippen molar-refractivity contribution in [2.24, 2.45) is 23.7 Å². The molecule has 2 saturated carbocycles. The number of allylic oxidation sites excluding steroid dienone is 1. The summed E-state index contributed by atoms with van der Waals surface area (Å²) in [6, 6.07) is 10.7. The third-order valence-corrected chi connectivity index (χ3v) is 7.90. The molecule has 1 aromatic carbocycles. The number of nitrogens with one attached hydrogen (secondary N) is 2. The van der Waals surface area contributed by atoms with E-state index in [9.17, 15) is 14.0 Å². The maximum absolute atomic E-state index is 13.6. The fourth-order valence-electron chi connectivity index (χ4n) is 6.38. The molecule has 2 amide bonds. The number of carbonyl (C=O) groups excluding carboxylic acids is 2. The van der Waals surface area contributed by atoms with Gasteiger partial charge in [-0.15, -0.1) is 0 Å². The molecule has 1 saturated heterocycles. The van der Waals surface area contributed by atoms with Crippen LogP contribution in [0.2, 0.25) is 0 Å². The molecule has 35 heavy (non-hydrogen) atoms. The molecule has 7 heteroatoms. The van der Waals surface area contributed by atoms with E-state index in [1.54, 1.807) is 19.2 Å². The fourth-order valence-corrected chi connectivity index (χ4v) is 6.38. The van der Waals surface area contributed by atoms with E-state index in [4.69, 9.17) is 4.74 Å². The maximum Gasteiger partial charge on any atom is 0.407 e. The minimum absolute atomic E-state index is 0.116. The van der Waals surface area contributed by atoms with E-state index in [1.165, 1.54) is 12.1 Å². The minimum atomic E-state index is -0.344. The Hall–Kier alpha value is -3.22. The van der Waals surface area contributed by atoms with E-state index in [0.717, 1.165) is 42.5 Å². The normalized spacial score (nSPS) is 29.8. The van der Waals surface area contributed by atoms with Crippen LogP contribution in [0.25, 0.3) is 17.2 Å². The van der Waals surface area contributed by atoms with Crippen LogP contribution < -0.4 is 10.6 Å². The van der Waals surface area contributed by atoms with Gasteiger partial charge in [0.05, 0.1) is 12.3 Å². The molecule has 5 rings (SSSR count). The molecule has 6 nitrogen and oxygen atoms in total. The van der Waals surface area contributed by atoms with Crippen molar-refractivity contribution in [2.75, 3.05) is 6.61 Å². The molecular formula is C28H32FN3O3. The Morgan fingerprint density at radius 2 is 2.09 bits per heavy atom. The highest BCUT2D eigenvalue weighted by Gasteiger charge is 2.49. The zero-order valence-electron chi connectivity index (χ0n) is 20.0. The lowest BCUT2D eigenvalue weighted by Gasteiger charge is -2.47. The van der Waals surface area contributed by atoms with Gasteiger partial charge in [0.1, 0.15) is 5.82 Å². The summed E-state index contributed by atoms with van der Waals surface area (Å²) in [6.45, 7) is 2.17. The molecule has 0 spiro atoms. The minimum Gasteiger partial charge on any atom is -0.450 e. The molecule has 0 radical (unpaired) electrons. The molecule has 2 N–H and O–H groups in total. The van der Waals surface area contributed by atoms with Crippen LogP contribution in [0.15, 0.2) is 48.7 Å². The Morgan fingerprint density at radius 1 is 1.20 bits per heavy atom.